The van der Waals surface area contributed by atoms with Gasteiger partial charge >= 0.3 is 0 Å². The van der Waals surface area contributed by atoms with E-state index in [0.29, 0.717) is 11.4 Å². The Hall–Kier alpha value is -4.42. The molecule has 0 spiro atoms. The molecule has 0 radical (unpaired) electrons. The molecule has 0 aliphatic heterocycles. The van der Waals surface area contributed by atoms with E-state index in [9.17, 15) is 13.2 Å². The summed E-state index contributed by atoms with van der Waals surface area (Å²) in [4.78, 5) is 13.7. The van der Waals surface area contributed by atoms with Gasteiger partial charge < -0.3 is 5.32 Å². The maximum absolute atomic E-state index is 13.8. The maximum Gasteiger partial charge on any atom is 0.264 e. The first-order valence-electron chi connectivity index (χ1n) is 11.5. The molecule has 178 valence electrons. The van der Waals surface area contributed by atoms with Gasteiger partial charge in [-0.05, 0) is 41.3 Å². The first-order chi connectivity index (χ1) is 17.5. The summed E-state index contributed by atoms with van der Waals surface area (Å²) >= 11 is 0. The lowest BCUT2D eigenvalue weighted by atomic mass is 10.1. The van der Waals surface area contributed by atoms with Crippen molar-refractivity contribution in [2.75, 3.05) is 9.62 Å². The van der Waals surface area contributed by atoms with Crippen LogP contribution in [0.2, 0.25) is 0 Å². The van der Waals surface area contributed by atoms with Crippen molar-refractivity contribution in [3.05, 3.63) is 139 Å². The monoisotopic (exact) mass is 492 g/mol. The number of benzene rings is 5. The predicted molar refractivity (Wildman–Crippen MR) is 145 cm³/mol. The van der Waals surface area contributed by atoms with Crippen LogP contribution >= 0.6 is 0 Å². The average Bonchev–Trinajstić information content (AvgIpc) is 2.93. The summed E-state index contributed by atoms with van der Waals surface area (Å²) < 4.78 is 29.0. The van der Waals surface area contributed by atoms with Gasteiger partial charge in [-0.1, -0.05) is 97.1 Å². The second kappa shape index (κ2) is 10.1. The number of nitrogens with one attached hydrogen (secondary N) is 1. The number of nitrogens with zero attached hydrogens (tertiary/aromatic N) is 1. The van der Waals surface area contributed by atoms with Crippen molar-refractivity contribution in [2.24, 2.45) is 0 Å². The van der Waals surface area contributed by atoms with Gasteiger partial charge in [0.1, 0.15) is 0 Å². The lowest BCUT2D eigenvalue weighted by Gasteiger charge is -2.26. The predicted octanol–water partition coefficient (Wildman–Crippen LogP) is 6.49. The molecule has 1 N–H and O–H groups in total. The third-order valence-electron chi connectivity index (χ3n) is 5.96. The van der Waals surface area contributed by atoms with Crippen molar-refractivity contribution in [3.63, 3.8) is 0 Å². The average molecular weight is 493 g/mol. The molecular formula is C30H24N2O3S. The zero-order chi connectivity index (χ0) is 25.0. The second-order valence-corrected chi connectivity index (χ2v) is 10.2. The van der Waals surface area contributed by atoms with Gasteiger partial charge in [0.25, 0.3) is 15.9 Å². The zero-order valence-corrected chi connectivity index (χ0v) is 20.2. The fourth-order valence-corrected chi connectivity index (χ4v) is 5.67. The Morgan fingerprint density at radius 3 is 2.06 bits per heavy atom. The number of carbonyl (C=O) groups is 1. The van der Waals surface area contributed by atoms with Gasteiger partial charge in [0.05, 0.1) is 22.7 Å². The van der Waals surface area contributed by atoms with Crippen molar-refractivity contribution < 1.29 is 13.2 Å². The molecule has 5 rings (SSSR count). The molecular weight excluding hydrogens is 468 g/mol. The first kappa shape index (κ1) is 23.3. The number of sulfonamides is 1. The molecule has 5 aromatic rings. The molecule has 0 saturated carbocycles. The third kappa shape index (κ3) is 4.72. The molecule has 0 atom stereocenters. The molecule has 5 aromatic carbocycles. The SMILES string of the molecule is O=C(Nc1cccc2ccccc12)c1ccccc1N(Cc1ccccc1)S(=O)(=O)c1ccccc1. The number of hydrogen-bond acceptors (Lipinski definition) is 3. The molecule has 5 nitrogen and oxygen atoms in total. The number of hydrogen-bond donors (Lipinski definition) is 1. The Morgan fingerprint density at radius 2 is 1.28 bits per heavy atom. The van der Waals surface area contributed by atoms with Gasteiger partial charge in [-0.2, -0.15) is 0 Å². The number of carbonyl (C=O) groups excluding carboxylic acids is 1. The van der Waals surface area contributed by atoms with Crippen LogP contribution in [-0.4, -0.2) is 14.3 Å². The normalized spacial score (nSPS) is 11.2. The van der Waals surface area contributed by atoms with Crippen molar-refractivity contribution in [3.8, 4) is 0 Å². The molecule has 0 aliphatic carbocycles. The number of amides is 1. The minimum absolute atomic E-state index is 0.0800. The Morgan fingerprint density at radius 1 is 0.667 bits per heavy atom. The smallest absolute Gasteiger partial charge is 0.264 e. The number of para-hydroxylation sites is 1. The fourth-order valence-electron chi connectivity index (χ4n) is 4.18. The van der Waals surface area contributed by atoms with Gasteiger partial charge in [-0.3, -0.25) is 9.10 Å². The topological polar surface area (TPSA) is 66.5 Å². The Kier molecular flexibility index (Phi) is 6.52. The van der Waals surface area contributed by atoms with E-state index in [1.807, 2.05) is 72.8 Å². The lowest BCUT2D eigenvalue weighted by Crippen LogP contribution is -2.32. The minimum Gasteiger partial charge on any atom is -0.321 e. The number of anilines is 2. The largest absolute Gasteiger partial charge is 0.321 e. The van der Waals surface area contributed by atoms with Crippen molar-refractivity contribution in [2.45, 2.75) is 11.4 Å². The molecule has 0 bridgehead atoms. The second-order valence-electron chi connectivity index (χ2n) is 8.31. The first-order valence-corrected chi connectivity index (χ1v) is 13.0. The highest BCUT2D eigenvalue weighted by Gasteiger charge is 2.28. The van der Waals surface area contributed by atoms with E-state index in [0.717, 1.165) is 16.3 Å². The summed E-state index contributed by atoms with van der Waals surface area (Å²) in [6.45, 7) is 0.0800. The summed E-state index contributed by atoms with van der Waals surface area (Å²) in [7, 11) is -3.96. The van der Waals surface area contributed by atoms with Gasteiger partial charge in [0.15, 0.2) is 0 Å². The molecule has 0 aromatic heterocycles. The third-order valence-corrected chi connectivity index (χ3v) is 7.73. The van der Waals surface area contributed by atoms with Crippen LogP contribution in [0.3, 0.4) is 0 Å². The van der Waals surface area contributed by atoms with Gasteiger partial charge in [0.2, 0.25) is 0 Å². The van der Waals surface area contributed by atoms with Crippen LogP contribution in [0, 0.1) is 0 Å². The van der Waals surface area contributed by atoms with Gasteiger partial charge in [0, 0.05) is 11.1 Å². The summed E-state index contributed by atoms with van der Waals surface area (Å²) in [6.07, 6.45) is 0. The van der Waals surface area contributed by atoms with Crippen LogP contribution in [0.15, 0.2) is 132 Å². The van der Waals surface area contributed by atoms with Crippen molar-refractivity contribution in [1.82, 2.24) is 0 Å². The minimum atomic E-state index is -3.96. The Labute approximate surface area is 210 Å². The molecule has 6 heteroatoms. The van der Waals surface area contributed by atoms with E-state index in [-0.39, 0.29) is 22.9 Å². The molecule has 0 fully saturated rings. The van der Waals surface area contributed by atoms with Gasteiger partial charge in [-0.25, -0.2) is 8.42 Å². The van der Waals surface area contributed by atoms with E-state index in [1.165, 1.54) is 4.31 Å². The molecule has 0 saturated heterocycles. The van der Waals surface area contributed by atoms with Gasteiger partial charge in [-0.15, -0.1) is 0 Å². The summed E-state index contributed by atoms with van der Waals surface area (Å²) in [5.41, 5.74) is 2.04. The molecule has 36 heavy (non-hydrogen) atoms. The Balaban J connectivity index is 1.58. The zero-order valence-electron chi connectivity index (χ0n) is 19.4. The highest BCUT2D eigenvalue weighted by Crippen LogP contribution is 2.31. The van der Waals surface area contributed by atoms with E-state index < -0.39 is 10.0 Å². The van der Waals surface area contributed by atoms with Crippen LogP contribution in [0.1, 0.15) is 15.9 Å². The van der Waals surface area contributed by atoms with E-state index in [4.69, 9.17) is 0 Å². The van der Waals surface area contributed by atoms with Crippen molar-refractivity contribution in [1.29, 1.82) is 0 Å². The molecule has 0 aliphatic rings. The van der Waals surface area contributed by atoms with E-state index >= 15 is 0 Å². The van der Waals surface area contributed by atoms with Crippen LogP contribution in [0.25, 0.3) is 10.8 Å². The lowest BCUT2D eigenvalue weighted by molar-refractivity contribution is 0.102. The molecule has 1 amide bonds. The van der Waals surface area contributed by atoms with E-state index in [2.05, 4.69) is 5.32 Å². The summed E-state index contributed by atoms with van der Waals surface area (Å²) in [6, 6.07) is 37.9. The molecule has 0 unspecified atom stereocenters. The number of fused-ring (bicyclic) bond motifs is 1. The van der Waals surface area contributed by atoms with Crippen LogP contribution < -0.4 is 9.62 Å². The Bertz CT molecular complexity index is 1610. The molecule has 0 heterocycles. The van der Waals surface area contributed by atoms with E-state index in [1.54, 1.807) is 54.6 Å². The maximum atomic E-state index is 13.8. The van der Waals surface area contributed by atoms with Crippen LogP contribution in [0.4, 0.5) is 11.4 Å². The summed E-state index contributed by atoms with van der Waals surface area (Å²) in [5, 5.41) is 4.90. The highest BCUT2D eigenvalue weighted by molar-refractivity contribution is 7.92. The van der Waals surface area contributed by atoms with Crippen LogP contribution in [-0.2, 0) is 16.6 Å². The summed E-state index contributed by atoms with van der Waals surface area (Å²) in [5.74, 6) is -0.386. The fraction of sp³-hybridized carbons (Fsp3) is 0.0333. The highest BCUT2D eigenvalue weighted by atomic mass is 32.2. The number of rotatable bonds is 7. The standard InChI is InChI=1S/C30H24N2O3S/c33-30(31-28-20-11-15-24-14-7-8-18-26(24)28)27-19-9-10-21-29(27)32(22-23-12-3-1-4-13-23)36(34,35)25-16-5-2-6-17-25/h1-21H,22H2,(H,31,33). The van der Waals surface area contributed by atoms with Crippen molar-refractivity contribution >= 4 is 38.1 Å². The van der Waals surface area contributed by atoms with Crippen LogP contribution in [0.5, 0.6) is 0 Å². The quantitative estimate of drug-likeness (QED) is 0.282.